The van der Waals surface area contributed by atoms with Crippen molar-refractivity contribution in [2.24, 2.45) is 29.6 Å². The fourth-order valence-corrected chi connectivity index (χ4v) is 7.51. The van der Waals surface area contributed by atoms with Gasteiger partial charge in [0.2, 0.25) is 0 Å². The highest BCUT2D eigenvalue weighted by molar-refractivity contribution is 5.24. The lowest BCUT2D eigenvalue weighted by atomic mass is 9.60. The molecule has 30 heavy (non-hydrogen) atoms. The topological polar surface area (TPSA) is 0 Å². The quantitative estimate of drug-likeness (QED) is 0.376. The van der Waals surface area contributed by atoms with E-state index in [4.69, 9.17) is 0 Å². The molecule has 0 N–H and O–H groups in total. The van der Waals surface area contributed by atoms with E-state index in [0.717, 1.165) is 35.5 Å². The number of hydrogen-bond donors (Lipinski definition) is 0. The minimum Gasteiger partial charge on any atom is -0.0654 e. The fraction of sp³-hybridized carbons (Fsp3) is 0.800. The third-order valence-electron chi connectivity index (χ3n) is 9.47. The SMILES string of the molecule is CCCCCCCC1CCC2CC(C3CCC(c4ccc(C)cc4)CC3)CCC2C1. The Labute approximate surface area is 187 Å². The zero-order valence-corrected chi connectivity index (χ0v) is 20.1. The van der Waals surface area contributed by atoms with Gasteiger partial charge in [0.15, 0.2) is 0 Å². The van der Waals surface area contributed by atoms with Gasteiger partial charge in [0.1, 0.15) is 0 Å². The summed E-state index contributed by atoms with van der Waals surface area (Å²) in [7, 11) is 0. The van der Waals surface area contributed by atoms with E-state index in [1.54, 1.807) is 50.5 Å². The first-order valence-corrected chi connectivity index (χ1v) is 13.8. The Morgan fingerprint density at radius 2 is 1.23 bits per heavy atom. The van der Waals surface area contributed by atoms with Crippen LogP contribution < -0.4 is 0 Å². The van der Waals surface area contributed by atoms with Gasteiger partial charge in [-0.05, 0) is 106 Å². The zero-order chi connectivity index (χ0) is 20.8. The number of hydrogen-bond acceptors (Lipinski definition) is 0. The second-order valence-electron chi connectivity index (χ2n) is 11.5. The number of rotatable bonds is 8. The molecule has 0 nitrogen and oxygen atoms in total. The predicted molar refractivity (Wildman–Crippen MR) is 131 cm³/mol. The van der Waals surface area contributed by atoms with Gasteiger partial charge in [0.25, 0.3) is 0 Å². The summed E-state index contributed by atoms with van der Waals surface area (Å²) in [4.78, 5) is 0. The van der Waals surface area contributed by atoms with Gasteiger partial charge in [-0.1, -0.05) is 81.7 Å². The Morgan fingerprint density at radius 3 is 1.97 bits per heavy atom. The monoisotopic (exact) mass is 408 g/mol. The second kappa shape index (κ2) is 11.2. The molecule has 168 valence electrons. The van der Waals surface area contributed by atoms with Crippen LogP contribution in [-0.2, 0) is 0 Å². The predicted octanol–water partition coefficient (Wildman–Crippen LogP) is 9.46. The van der Waals surface area contributed by atoms with E-state index in [1.165, 1.54) is 63.4 Å². The van der Waals surface area contributed by atoms with Gasteiger partial charge < -0.3 is 0 Å². The van der Waals surface area contributed by atoms with Gasteiger partial charge in [-0.3, -0.25) is 0 Å². The molecule has 4 unspecified atom stereocenters. The van der Waals surface area contributed by atoms with Crippen molar-refractivity contribution in [3.63, 3.8) is 0 Å². The van der Waals surface area contributed by atoms with Crippen LogP contribution in [0.4, 0.5) is 0 Å². The average Bonchev–Trinajstić information content (AvgIpc) is 2.79. The molecule has 0 radical (unpaired) electrons. The molecule has 0 bridgehead atoms. The summed E-state index contributed by atoms with van der Waals surface area (Å²) in [6, 6.07) is 9.41. The second-order valence-corrected chi connectivity index (χ2v) is 11.5. The van der Waals surface area contributed by atoms with Crippen LogP contribution in [0.15, 0.2) is 24.3 Å². The molecule has 3 aliphatic carbocycles. The van der Waals surface area contributed by atoms with E-state index in [9.17, 15) is 0 Å². The van der Waals surface area contributed by atoms with Crippen LogP contribution in [0.3, 0.4) is 0 Å². The fourth-order valence-electron chi connectivity index (χ4n) is 7.51. The van der Waals surface area contributed by atoms with Crippen LogP contribution in [0, 0.1) is 36.5 Å². The first-order valence-electron chi connectivity index (χ1n) is 13.8. The van der Waals surface area contributed by atoms with Gasteiger partial charge in [-0.2, -0.15) is 0 Å². The maximum Gasteiger partial charge on any atom is -0.0162 e. The van der Waals surface area contributed by atoms with Crippen LogP contribution in [0.2, 0.25) is 0 Å². The van der Waals surface area contributed by atoms with Crippen molar-refractivity contribution in [3.8, 4) is 0 Å². The highest BCUT2D eigenvalue weighted by Crippen LogP contribution is 2.50. The van der Waals surface area contributed by atoms with Gasteiger partial charge in [0.05, 0.1) is 0 Å². The van der Waals surface area contributed by atoms with Crippen LogP contribution in [0.1, 0.15) is 127 Å². The van der Waals surface area contributed by atoms with Crippen molar-refractivity contribution in [2.75, 3.05) is 0 Å². The molecule has 3 fully saturated rings. The van der Waals surface area contributed by atoms with E-state index in [2.05, 4.69) is 38.1 Å². The summed E-state index contributed by atoms with van der Waals surface area (Å²) in [6.45, 7) is 4.53. The highest BCUT2D eigenvalue weighted by atomic mass is 14.4. The largest absolute Gasteiger partial charge is 0.0654 e. The smallest absolute Gasteiger partial charge is 0.0162 e. The van der Waals surface area contributed by atoms with E-state index < -0.39 is 0 Å². The van der Waals surface area contributed by atoms with Gasteiger partial charge in [0, 0.05) is 0 Å². The van der Waals surface area contributed by atoms with Crippen LogP contribution in [0.25, 0.3) is 0 Å². The summed E-state index contributed by atoms with van der Waals surface area (Å²) in [5, 5.41) is 0. The Kier molecular flexibility index (Phi) is 8.36. The van der Waals surface area contributed by atoms with Crippen molar-refractivity contribution >= 4 is 0 Å². The first kappa shape index (κ1) is 22.4. The van der Waals surface area contributed by atoms with E-state index in [1.807, 2.05) is 0 Å². The molecule has 0 aliphatic heterocycles. The van der Waals surface area contributed by atoms with Crippen molar-refractivity contribution in [2.45, 2.75) is 122 Å². The molecule has 4 atom stereocenters. The zero-order valence-electron chi connectivity index (χ0n) is 20.1. The van der Waals surface area contributed by atoms with Crippen LogP contribution >= 0.6 is 0 Å². The van der Waals surface area contributed by atoms with Gasteiger partial charge in [-0.15, -0.1) is 0 Å². The van der Waals surface area contributed by atoms with Crippen molar-refractivity contribution in [1.29, 1.82) is 0 Å². The van der Waals surface area contributed by atoms with Crippen LogP contribution in [-0.4, -0.2) is 0 Å². The lowest BCUT2D eigenvalue weighted by Gasteiger charge is -2.45. The average molecular weight is 409 g/mol. The maximum atomic E-state index is 2.40. The first-order chi connectivity index (χ1) is 14.7. The summed E-state index contributed by atoms with van der Waals surface area (Å²) in [6.07, 6.45) is 24.2. The number of aryl methyl sites for hydroxylation is 1. The Morgan fingerprint density at radius 1 is 0.633 bits per heavy atom. The van der Waals surface area contributed by atoms with Crippen molar-refractivity contribution < 1.29 is 0 Å². The molecule has 0 aromatic heterocycles. The van der Waals surface area contributed by atoms with E-state index in [-0.39, 0.29) is 0 Å². The molecule has 1 aromatic carbocycles. The molecule has 0 heterocycles. The van der Waals surface area contributed by atoms with Gasteiger partial charge >= 0.3 is 0 Å². The standard InChI is InChI=1S/C30H48/c1-3-4-5-6-7-8-24-11-14-30-22-29(20-19-28(30)21-24)27-17-15-26(16-18-27)25-12-9-23(2)10-13-25/h9-10,12-13,24,26-30H,3-8,11,14-22H2,1-2H3. The summed E-state index contributed by atoms with van der Waals surface area (Å²) < 4.78 is 0. The number of fused-ring (bicyclic) bond motifs is 1. The molecule has 1 aromatic rings. The van der Waals surface area contributed by atoms with E-state index in [0.29, 0.717) is 0 Å². The molecule has 0 spiro atoms. The molecular formula is C30H48. The normalized spacial score (nSPS) is 34.5. The molecule has 3 saturated carbocycles. The molecule has 0 heteroatoms. The lowest BCUT2D eigenvalue weighted by Crippen LogP contribution is -2.34. The Hall–Kier alpha value is -0.780. The molecule has 4 rings (SSSR count). The van der Waals surface area contributed by atoms with Crippen LogP contribution in [0.5, 0.6) is 0 Å². The summed E-state index contributed by atoms with van der Waals surface area (Å²) in [5.74, 6) is 6.22. The van der Waals surface area contributed by atoms with Crippen molar-refractivity contribution in [1.82, 2.24) is 0 Å². The highest BCUT2D eigenvalue weighted by Gasteiger charge is 2.38. The molecule has 0 saturated heterocycles. The summed E-state index contributed by atoms with van der Waals surface area (Å²) >= 11 is 0. The number of benzene rings is 1. The number of unbranched alkanes of at least 4 members (excludes halogenated alkanes) is 4. The third-order valence-corrected chi connectivity index (χ3v) is 9.47. The minimum absolute atomic E-state index is 0.839. The lowest BCUT2D eigenvalue weighted by molar-refractivity contribution is 0.0613. The third kappa shape index (κ3) is 5.92. The van der Waals surface area contributed by atoms with Crippen molar-refractivity contribution in [3.05, 3.63) is 35.4 Å². The summed E-state index contributed by atoms with van der Waals surface area (Å²) in [5.41, 5.74) is 3.01. The molecule has 3 aliphatic rings. The molecule has 0 amide bonds. The maximum absolute atomic E-state index is 2.40. The molecular weight excluding hydrogens is 360 g/mol. The van der Waals surface area contributed by atoms with E-state index >= 15 is 0 Å². The van der Waals surface area contributed by atoms with Gasteiger partial charge in [-0.25, -0.2) is 0 Å². The Balaban J connectivity index is 1.18. The minimum atomic E-state index is 0.839. The Bertz CT molecular complexity index is 605.